The van der Waals surface area contributed by atoms with Crippen LogP contribution in [0, 0.1) is 5.41 Å². The van der Waals surface area contributed by atoms with Crippen molar-refractivity contribution < 1.29 is 32.3 Å². The van der Waals surface area contributed by atoms with Gasteiger partial charge < -0.3 is 20.3 Å². The molecule has 0 aromatic carbocycles. The summed E-state index contributed by atoms with van der Waals surface area (Å²) < 4.78 is 47.5. The zero-order chi connectivity index (χ0) is 27.5. The number of hydrogen-bond acceptors (Lipinski definition) is 5. The summed E-state index contributed by atoms with van der Waals surface area (Å²) in [7, 11) is 0. The number of piperidine rings is 1. The molecule has 1 aliphatic carbocycles. The topological polar surface area (TPSA) is 106 Å². The summed E-state index contributed by atoms with van der Waals surface area (Å²) in [6.07, 6.45) is 0.681. The zero-order valence-electron chi connectivity index (χ0n) is 22.2. The number of carbonyl (C=O) groups excluding carboxylic acids is 3. The standard InChI is InChI=1S/C26H38F3N5O4/c1-17-16-38-14-6-5-9-25(24(37)31-18(2)23(36)30-17)10-12-33(13-11-25)21(35)15-34-20-8-4-3-7-19(20)22(32-34)26(27,28)29/h17-18H,3-16H2,1-2H3,(H,30,36)(H,31,37)/t17-,18-/m0/s1. The van der Waals surface area contributed by atoms with Gasteiger partial charge in [-0.3, -0.25) is 19.1 Å². The molecular weight excluding hydrogens is 503 g/mol. The molecule has 38 heavy (non-hydrogen) atoms. The molecule has 212 valence electrons. The van der Waals surface area contributed by atoms with E-state index in [4.69, 9.17) is 4.74 Å². The lowest BCUT2D eigenvalue weighted by atomic mass is 9.73. The van der Waals surface area contributed by atoms with E-state index in [2.05, 4.69) is 15.7 Å². The maximum Gasteiger partial charge on any atom is 0.435 e. The average molecular weight is 542 g/mol. The molecule has 1 spiro atoms. The van der Waals surface area contributed by atoms with Gasteiger partial charge in [-0.2, -0.15) is 18.3 Å². The molecule has 12 heteroatoms. The van der Waals surface area contributed by atoms with E-state index < -0.39 is 23.3 Å². The molecule has 9 nitrogen and oxygen atoms in total. The maximum absolute atomic E-state index is 13.5. The minimum atomic E-state index is -4.55. The van der Waals surface area contributed by atoms with E-state index in [1.165, 1.54) is 4.68 Å². The molecule has 1 aromatic rings. The van der Waals surface area contributed by atoms with E-state index in [1.807, 2.05) is 6.92 Å². The summed E-state index contributed by atoms with van der Waals surface area (Å²) in [5.41, 5.74) is -0.885. The molecule has 2 saturated heterocycles. The molecule has 2 atom stereocenters. The van der Waals surface area contributed by atoms with E-state index in [1.54, 1.807) is 11.8 Å². The number of likely N-dealkylation sites (tertiary alicyclic amines) is 1. The highest BCUT2D eigenvalue weighted by Crippen LogP contribution is 2.38. The number of amides is 3. The average Bonchev–Trinajstić information content (AvgIpc) is 3.25. The van der Waals surface area contributed by atoms with Gasteiger partial charge in [-0.25, -0.2) is 0 Å². The monoisotopic (exact) mass is 541 g/mol. The molecule has 0 bridgehead atoms. The molecule has 1 aromatic heterocycles. The van der Waals surface area contributed by atoms with E-state index in [0.717, 1.165) is 19.3 Å². The van der Waals surface area contributed by atoms with Crippen molar-refractivity contribution in [3.05, 3.63) is 17.0 Å². The molecule has 3 heterocycles. The highest BCUT2D eigenvalue weighted by molar-refractivity contribution is 5.90. The number of halogens is 3. The normalized spacial score (nSPS) is 25.4. The summed E-state index contributed by atoms with van der Waals surface area (Å²) in [5, 5.41) is 9.53. The first kappa shape index (κ1) is 28.4. The molecular formula is C26H38F3N5O4. The van der Waals surface area contributed by atoms with Gasteiger partial charge >= 0.3 is 6.18 Å². The van der Waals surface area contributed by atoms with Gasteiger partial charge in [0.2, 0.25) is 17.7 Å². The van der Waals surface area contributed by atoms with Crippen molar-refractivity contribution in [1.82, 2.24) is 25.3 Å². The van der Waals surface area contributed by atoms with Gasteiger partial charge in [-0.05, 0) is 65.2 Å². The second-order valence-electron chi connectivity index (χ2n) is 10.9. The Morgan fingerprint density at radius 2 is 1.76 bits per heavy atom. The molecule has 4 rings (SSSR count). The molecule has 2 N–H and O–H groups in total. The first-order chi connectivity index (χ1) is 18.0. The van der Waals surface area contributed by atoms with Crippen LogP contribution in [0.3, 0.4) is 0 Å². The smallest absolute Gasteiger partial charge is 0.379 e. The van der Waals surface area contributed by atoms with E-state index in [0.29, 0.717) is 70.5 Å². The fraction of sp³-hybridized carbons (Fsp3) is 0.769. The van der Waals surface area contributed by atoms with Crippen LogP contribution in [0.25, 0.3) is 0 Å². The van der Waals surface area contributed by atoms with Gasteiger partial charge in [-0.15, -0.1) is 0 Å². The second kappa shape index (κ2) is 11.6. The molecule has 2 fully saturated rings. The quantitative estimate of drug-likeness (QED) is 0.599. The number of alkyl halides is 3. The van der Waals surface area contributed by atoms with Crippen molar-refractivity contribution in [2.45, 2.75) is 96.4 Å². The predicted molar refractivity (Wildman–Crippen MR) is 132 cm³/mol. The lowest BCUT2D eigenvalue weighted by molar-refractivity contribution is -0.144. The van der Waals surface area contributed by atoms with Crippen molar-refractivity contribution in [3.8, 4) is 0 Å². The number of hydrogen-bond donors (Lipinski definition) is 2. The molecule has 2 aliphatic heterocycles. The highest BCUT2D eigenvalue weighted by Gasteiger charge is 2.43. The first-order valence-electron chi connectivity index (χ1n) is 13.6. The lowest BCUT2D eigenvalue weighted by Crippen LogP contribution is -2.55. The summed E-state index contributed by atoms with van der Waals surface area (Å²) in [6.45, 7) is 4.82. The summed E-state index contributed by atoms with van der Waals surface area (Å²) in [4.78, 5) is 40.7. The Morgan fingerprint density at radius 1 is 1.05 bits per heavy atom. The van der Waals surface area contributed by atoms with Crippen molar-refractivity contribution in [2.75, 3.05) is 26.3 Å². The predicted octanol–water partition coefficient (Wildman–Crippen LogP) is 2.60. The van der Waals surface area contributed by atoms with Gasteiger partial charge in [0.15, 0.2) is 5.69 Å². The van der Waals surface area contributed by atoms with E-state index >= 15 is 0 Å². The summed E-state index contributed by atoms with van der Waals surface area (Å²) in [5.74, 6) is -0.780. The van der Waals surface area contributed by atoms with Crippen molar-refractivity contribution in [3.63, 3.8) is 0 Å². The van der Waals surface area contributed by atoms with Crippen molar-refractivity contribution in [2.24, 2.45) is 5.41 Å². The third kappa shape index (κ3) is 6.32. The molecule has 3 aliphatic rings. The van der Waals surface area contributed by atoms with E-state index in [-0.39, 0.29) is 35.9 Å². The Labute approximate surface area is 220 Å². The largest absolute Gasteiger partial charge is 0.435 e. The lowest BCUT2D eigenvalue weighted by Gasteiger charge is -2.41. The molecule has 3 amide bonds. The van der Waals surface area contributed by atoms with Crippen molar-refractivity contribution in [1.29, 1.82) is 0 Å². The van der Waals surface area contributed by atoms with Crippen LogP contribution in [0.4, 0.5) is 13.2 Å². The van der Waals surface area contributed by atoms with Gasteiger partial charge in [-0.1, -0.05) is 6.42 Å². The molecule has 0 saturated carbocycles. The third-order valence-corrected chi connectivity index (χ3v) is 8.06. The SMILES string of the molecule is C[C@@H]1NC(=O)C2(CCCCOC[C@H](C)NC1=O)CCN(C(=O)Cn1nc(C(F)(F)F)c3c1CCCC3)CC2. The van der Waals surface area contributed by atoms with Crippen LogP contribution in [0.1, 0.15) is 75.7 Å². The number of fused-ring (bicyclic) bond motifs is 1. The Hall–Kier alpha value is -2.63. The van der Waals surface area contributed by atoms with Gasteiger partial charge in [0.05, 0.1) is 12.0 Å². The molecule has 0 unspecified atom stereocenters. The van der Waals surface area contributed by atoms with Gasteiger partial charge in [0, 0.05) is 37.0 Å². The number of rotatable bonds is 2. The minimum Gasteiger partial charge on any atom is -0.379 e. The fourth-order valence-corrected chi connectivity index (χ4v) is 5.78. The Balaban J connectivity index is 1.43. The zero-order valence-corrected chi connectivity index (χ0v) is 22.2. The summed E-state index contributed by atoms with van der Waals surface area (Å²) >= 11 is 0. The van der Waals surface area contributed by atoms with Crippen LogP contribution in [0.2, 0.25) is 0 Å². The molecule has 0 radical (unpaired) electrons. The number of nitrogens with one attached hydrogen (secondary N) is 2. The number of ether oxygens (including phenoxy) is 1. The van der Waals surface area contributed by atoms with Crippen molar-refractivity contribution >= 4 is 17.7 Å². The first-order valence-corrected chi connectivity index (χ1v) is 13.6. The Morgan fingerprint density at radius 3 is 2.47 bits per heavy atom. The van der Waals surface area contributed by atoms with Gasteiger partial charge in [0.25, 0.3) is 0 Å². The van der Waals surface area contributed by atoms with Crippen LogP contribution in [0.5, 0.6) is 0 Å². The van der Waals surface area contributed by atoms with Gasteiger partial charge in [0.1, 0.15) is 12.6 Å². The Kier molecular flexibility index (Phi) is 8.68. The maximum atomic E-state index is 13.5. The minimum absolute atomic E-state index is 0.168. The van der Waals surface area contributed by atoms with Crippen LogP contribution in [-0.2, 0) is 44.7 Å². The fourth-order valence-electron chi connectivity index (χ4n) is 5.78. The van der Waals surface area contributed by atoms with E-state index in [9.17, 15) is 27.6 Å². The van der Waals surface area contributed by atoms with Crippen LogP contribution in [-0.4, -0.2) is 70.8 Å². The Bertz CT molecular complexity index is 1030. The highest BCUT2D eigenvalue weighted by atomic mass is 19.4. The number of nitrogens with zero attached hydrogens (tertiary/aromatic N) is 3. The van der Waals surface area contributed by atoms with Crippen LogP contribution >= 0.6 is 0 Å². The third-order valence-electron chi connectivity index (χ3n) is 8.06. The van der Waals surface area contributed by atoms with Crippen LogP contribution in [0.15, 0.2) is 0 Å². The number of carbonyl (C=O) groups is 3. The van der Waals surface area contributed by atoms with Crippen LogP contribution < -0.4 is 10.6 Å². The number of aromatic nitrogens is 2. The second-order valence-corrected chi connectivity index (χ2v) is 10.9. The summed E-state index contributed by atoms with van der Waals surface area (Å²) in [6, 6.07) is -0.880.